The van der Waals surface area contributed by atoms with Crippen molar-refractivity contribution in [3.8, 4) is 11.5 Å². The first-order chi connectivity index (χ1) is 9.51. The molecular formula is C12H11F2NO5. The smallest absolute Gasteiger partial charge is 0.387 e. The molecule has 1 atom stereocenters. The summed E-state index contributed by atoms with van der Waals surface area (Å²) in [6, 6.07) is 4.30. The van der Waals surface area contributed by atoms with E-state index in [0.717, 1.165) is 0 Å². The number of rotatable bonds is 5. The highest BCUT2D eigenvalue weighted by atomic mass is 19.3. The molecule has 0 aliphatic carbocycles. The van der Waals surface area contributed by atoms with Gasteiger partial charge in [0.25, 0.3) is 0 Å². The van der Waals surface area contributed by atoms with E-state index in [1.165, 1.54) is 19.2 Å². The van der Waals surface area contributed by atoms with Crippen LogP contribution < -0.4 is 9.47 Å². The lowest BCUT2D eigenvalue weighted by Gasteiger charge is -2.11. The van der Waals surface area contributed by atoms with Gasteiger partial charge in [0, 0.05) is 12.0 Å². The molecule has 0 fully saturated rings. The van der Waals surface area contributed by atoms with Gasteiger partial charge in [0.2, 0.25) is 6.10 Å². The first-order valence-electron chi connectivity index (χ1n) is 5.60. The summed E-state index contributed by atoms with van der Waals surface area (Å²) in [6.07, 6.45) is -1.01. The molecule has 1 unspecified atom stereocenters. The van der Waals surface area contributed by atoms with Crippen molar-refractivity contribution < 1.29 is 33.0 Å². The van der Waals surface area contributed by atoms with Crippen molar-refractivity contribution in [2.45, 2.75) is 19.1 Å². The number of oxime groups is 1. The van der Waals surface area contributed by atoms with Gasteiger partial charge in [0.05, 0.1) is 12.8 Å². The van der Waals surface area contributed by atoms with Crippen LogP contribution in [0.25, 0.3) is 0 Å². The standard InChI is InChI=1S/C12H11F2NO5/c1-18-8-3-2-6(4-9(8)19-12(13)14)7-5-10(11(16)17)20-15-7/h2-4,10,12H,5H2,1H3,(H,16,17). The van der Waals surface area contributed by atoms with Gasteiger partial charge in [-0.2, -0.15) is 8.78 Å². The summed E-state index contributed by atoms with van der Waals surface area (Å²) in [5.74, 6) is -1.15. The first-order valence-corrected chi connectivity index (χ1v) is 5.60. The van der Waals surface area contributed by atoms with E-state index in [-0.39, 0.29) is 17.9 Å². The number of hydrogen-bond donors (Lipinski definition) is 1. The third-order valence-electron chi connectivity index (χ3n) is 2.66. The molecule has 108 valence electrons. The van der Waals surface area contributed by atoms with Gasteiger partial charge in [-0.25, -0.2) is 4.79 Å². The van der Waals surface area contributed by atoms with Gasteiger partial charge >= 0.3 is 12.6 Å². The van der Waals surface area contributed by atoms with Crippen molar-refractivity contribution in [1.29, 1.82) is 0 Å². The van der Waals surface area contributed by atoms with E-state index in [1.807, 2.05) is 0 Å². The number of alkyl halides is 2. The number of carboxylic acid groups (broad SMARTS) is 1. The van der Waals surface area contributed by atoms with Crippen LogP contribution in [0.15, 0.2) is 23.4 Å². The zero-order valence-corrected chi connectivity index (χ0v) is 10.4. The average molecular weight is 287 g/mol. The van der Waals surface area contributed by atoms with Crippen molar-refractivity contribution in [2.24, 2.45) is 5.16 Å². The van der Waals surface area contributed by atoms with Crippen molar-refractivity contribution in [1.82, 2.24) is 0 Å². The minimum Gasteiger partial charge on any atom is -0.493 e. The Morgan fingerprint density at radius 2 is 2.25 bits per heavy atom. The van der Waals surface area contributed by atoms with Crippen molar-refractivity contribution >= 4 is 11.7 Å². The second-order valence-corrected chi connectivity index (χ2v) is 3.92. The Morgan fingerprint density at radius 3 is 2.80 bits per heavy atom. The summed E-state index contributed by atoms with van der Waals surface area (Å²) >= 11 is 0. The predicted octanol–water partition coefficient (Wildman–Crippen LogP) is 1.87. The molecule has 20 heavy (non-hydrogen) atoms. The number of hydrogen-bond acceptors (Lipinski definition) is 5. The molecule has 1 aromatic rings. The average Bonchev–Trinajstić information content (AvgIpc) is 2.87. The highest BCUT2D eigenvalue weighted by molar-refractivity contribution is 6.03. The lowest BCUT2D eigenvalue weighted by Crippen LogP contribution is -2.19. The quantitative estimate of drug-likeness (QED) is 0.894. The maximum atomic E-state index is 12.3. The number of methoxy groups -OCH3 is 1. The Kier molecular flexibility index (Phi) is 4.02. The van der Waals surface area contributed by atoms with E-state index < -0.39 is 18.7 Å². The van der Waals surface area contributed by atoms with Gasteiger partial charge < -0.3 is 19.4 Å². The van der Waals surface area contributed by atoms with E-state index in [2.05, 4.69) is 9.89 Å². The Balaban J connectivity index is 2.23. The van der Waals surface area contributed by atoms with Gasteiger partial charge in [0.15, 0.2) is 11.5 Å². The van der Waals surface area contributed by atoms with Crippen LogP contribution in [0.5, 0.6) is 11.5 Å². The largest absolute Gasteiger partial charge is 0.493 e. The van der Waals surface area contributed by atoms with Gasteiger partial charge in [-0.05, 0) is 18.2 Å². The number of ether oxygens (including phenoxy) is 2. The number of carboxylic acids is 1. The SMILES string of the molecule is COc1ccc(C2=NOC(C(=O)O)C2)cc1OC(F)F. The summed E-state index contributed by atoms with van der Waals surface area (Å²) in [5.41, 5.74) is 0.782. The second-order valence-electron chi connectivity index (χ2n) is 3.92. The zero-order valence-electron chi connectivity index (χ0n) is 10.4. The topological polar surface area (TPSA) is 77.4 Å². The van der Waals surface area contributed by atoms with E-state index in [9.17, 15) is 13.6 Å². The Morgan fingerprint density at radius 1 is 1.50 bits per heavy atom. The molecule has 0 bridgehead atoms. The van der Waals surface area contributed by atoms with Crippen LogP contribution in [0.1, 0.15) is 12.0 Å². The van der Waals surface area contributed by atoms with Gasteiger partial charge in [-0.3, -0.25) is 0 Å². The molecule has 6 nitrogen and oxygen atoms in total. The van der Waals surface area contributed by atoms with Crippen LogP contribution >= 0.6 is 0 Å². The lowest BCUT2D eigenvalue weighted by atomic mass is 10.0. The number of carbonyl (C=O) groups is 1. The normalized spacial score (nSPS) is 17.6. The first kappa shape index (κ1) is 14.0. The Bertz CT molecular complexity index is 547. The Labute approximate surface area is 112 Å². The monoisotopic (exact) mass is 287 g/mol. The minimum atomic E-state index is -2.99. The number of halogens is 2. The zero-order chi connectivity index (χ0) is 14.7. The van der Waals surface area contributed by atoms with Crippen LogP contribution in [0.3, 0.4) is 0 Å². The van der Waals surface area contributed by atoms with Crippen molar-refractivity contribution in [3.05, 3.63) is 23.8 Å². The predicted molar refractivity (Wildman–Crippen MR) is 63.3 cm³/mol. The minimum absolute atomic E-state index is 0.0514. The van der Waals surface area contributed by atoms with E-state index in [0.29, 0.717) is 11.3 Å². The number of benzene rings is 1. The fourth-order valence-electron chi connectivity index (χ4n) is 1.72. The molecule has 0 radical (unpaired) electrons. The molecule has 0 aromatic heterocycles. The fraction of sp³-hybridized carbons (Fsp3) is 0.333. The molecule has 1 aromatic carbocycles. The van der Waals surface area contributed by atoms with Crippen molar-refractivity contribution in [3.63, 3.8) is 0 Å². The molecule has 1 aliphatic heterocycles. The molecule has 0 spiro atoms. The molecule has 1 heterocycles. The summed E-state index contributed by atoms with van der Waals surface area (Å²) in [7, 11) is 1.32. The third-order valence-corrected chi connectivity index (χ3v) is 2.66. The molecule has 1 N–H and O–H groups in total. The third kappa shape index (κ3) is 2.95. The van der Waals surface area contributed by atoms with E-state index in [4.69, 9.17) is 14.7 Å². The maximum absolute atomic E-state index is 12.3. The highest BCUT2D eigenvalue weighted by Gasteiger charge is 2.29. The van der Waals surface area contributed by atoms with E-state index >= 15 is 0 Å². The van der Waals surface area contributed by atoms with Crippen LogP contribution in [0, 0.1) is 0 Å². The van der Waals surface area contributed by atoms with Gasteiger partial charge in [0.1, 0.15) is 0 Å². The molecule has 0 saturated heterocycles. The Hall–Kier alpha value is -2.38. The molecule has 8 heteroatoms. The molecule has 1 aliphatic rings. The van der Waals surface area contributed by atoms with Gasteiger partial charge in [-0.15, -0.1) is 0 Å². The summed E-state index contributed by atoms with van der Waals surface area (Å²) in [5, 5.41) is 12.4. The van der Waals surface area contributed by atoms with Gasteiger partial charge in [-0.1, -0.05) is 5.16 Å². The number of nitrogens with zero attached hydrogens (tertiary/aromatic N) is 1. The summed E-state index contributed by atoms with van der Waals surface area (Å²) in [6.45, 7) is -2.99. The van der Waals surface area contributed by atoms with Crippen molar-refractivity contribution in [2.75, 3.05) is 7.11 Å². The maximum Gasteiger partial charge on any atom is 0.387 e. The molecular weight excluding hydrogens is 276 g/mol. The van der Waals surface area contributed by atoms with E-state index in [1.54, 1.807) is 6.07 Å². The summed E-state index contributed by atoms with van der Waals surface area (Å²) in [4.78, 5) is 15.5. The molecule has 0 saturated carbocycles. The molecule has 0 amide bonds. The second kappa shape index (κ2) is 5.72. The fourth-order valence-corrected chi connectivity index (χ4v) is 1.72. The molecule has 2 rings (SSSR count). The van der Waals surface area contributed by atoms with Crippen LogP contribution in [0.2, 0.25) is 0 Å². The van der Waals surface area contributed by atoms with Crippen LogP contribution in [0.4, 0.5) is 8.78 Å². The number of aliphatic carboxylic acids is 1. The van der Waals surface area contributed by atoms with Crippen LogP contribution in [-0.2, 0) is 9.63 Å². The van der Waals surface area contributed by atoms with Crippen LogP contribution in [-0.4, -0.2) is 36.6 Å². The lowest BCUT2D eigenvalue weighted by molar-refractivity contribution is -0.148. The highest BCUT2D eigenvalue weighted by Crippen LogP contribution is 2.31. The summed E-state index contributed by atoms with van der Waals surface area (Å²) < 4.78 is 33.8.